The molecule has 0 unspecified atom stereocenters. The molecule has 2 heterocycles. The number of aromatic nitrogens is 4. The van der Waals surface area contributed by atoms with Crippen molar-refractivity contribution in [1.82, 2.24) is 19.7 Å². The van der Waals surface area contributed by atoms with E-state index in [0.29, 0.717) is 30.0 Å². The first-order valence-corrected chi connectivity index (χ1v) is 8.53. The zero-order chi connectivity index (χ0) is 16.8. The van der Waals surface area contributed by atoms with E-state index in [1.807, 2.05) is 30.3 Å². The van der Waals surface area contributed by atoms with Crippen LogP contribution in [-0.4, -0.2) is 33.5 Å². The minimum Gasteiger partial charge on any atom is -0.444 e. The molecule has 0 fully saturated rings. The lowest BCUT2D eigenvalue weighted by Gasteiger charge is -2.03. The van der Waals surface area contributed by atoms with Gasteiger partial charge in [-0.15, -0.1) is 5.10 Å². The molecule has 1 N–H and O–H groups in total. The van der Waals surface area contributed by atoms with Gasteiger partial charge in [-0.25, -0.2) is 14.9 Å². The lowest BCUT2D eigenvalue weighted by atomic mass is 10.2. The molecular weight excluding hydrogens is 328 g/mol. The van der Waals surface area contributed by atoms with E-state index in [4.69, 9.17) is 9.15 Å². The second kappa shape index (κ2) is 7.98. The molecule has 1 aromatic carbocycles. The number of hydrogen-bond acceptors (Lipinski definition) is 6. The van der Waals surface area contributed by atoms with Gasteiger partial charge in [-0.3, -0.25) is 4.57 Å². The fourth-order valence-electron chi connectivity index (χ4n) is 2.20. The molecule has 24 heavy (non-hydrogen) atoms. The fraction of sp³-hybridized carbons (Fsp3) is 0.312. The van der Waals surface area contributed by atoms with Gasteiger partial charge in [0.1, 0.15) is 6.26 Å². The van der Waals surface area contributed by atoms with Gasteiger partial charge in [0.15, 0.2) is 5.16 Å². The van der Waals surface area contributed by atoms with E-state index in [0.717, 1.165) is 17.7 Å². The van der Waals surface area contributed by atoms with Crippen LogP contribution in [0.5, 0.6) is 0 Å². The summed E-state index contributed by atoms with van der Waals surface area (Å²) < 4.78 is 12.1. The maximum atomic E-state index is 11.8. The molecular formula is C16H18N4O3S. The second-order valence-corrected chi connectivity index (χ2v) is 6.05. The number of thioether (sulfide) groups is 1. The summed E-state index contributed by atoms with van der Waals surface area (Å²) in [4.78, 5) is 16.3. The predicted molar refractivity (Wildman–Crippen MR) is 90.8 cm³/mol. The summed E-state index contributed by atoms with van der Waals surface area (Å²) in [5.41, 5.74) is 1.53. The highest BCUT2D eigenvalue weighted by Gasteiger charge is 2.11. The maximum absolute atomic E-state index is 11.8. The molecule has 3 rings (SSSR count). The van der Waals surface area contributed by atoms with Crippen LogP contribution in [0.4, 0.5) is 0 Å². The zero-order valence-electron chi connectivity index (χ0n) is 13.3. The first kappa shape index (κ1) is 16.5. The maximum Gasteiger partial charge on any atom is 0.343 e. The number of aromatic amines is 1. The fourth-order valence-corrected chi connectivity index (χ4v) is 3.05. The average Bonchev–Trinajstić information content (AvgIpc) is 3.22. The highest BCUT2D eigenvalue weighted by atomic mass is 32.2. The van der Waals surface area contributed by atoms with Gasteiger partial charge in [0.25, 0.3) is 0 Å². The molecule has 0 saturated carbocycles. The quantitative estimate of drug-likeness (QED) is 0.498. The van der Waals surface area contributed by atoms with Gasteiger partial charge in [-0.05, 0) is 18.6 Å². The van der Waals surface area contributed by atoms with Crippen molar-refractivity contribution in [3.8, 4) is 11.5 Å². The third-order valence-corrected chi connectivity index (χ3v) is 4.39. The van der Waals surface area contributed by atoms with Crippen LogP contribution >= 0.6 is 11.8 Å². The highest BCUT2D eigenvalue weighted by Crippen LogP contribution is 2.23. The average molecular weight is 346 g/mol. The Morgan fingerprint density at radius 3 is 2.96 bits per heavy atom. The van der Waals surface area contributed by atoms with E-state index in [-0.39, 0.29) is 5.69 Å². The molecule has 0 atom stereocenters. The molecule has 0 aliphatic carbocycles. The second-order valence-electron chi connectivity index (χ2n) is 5.11. The molecule has 0 saturated heterocycles. The Morgan fingerprint density at radius 2 is 2.17 bits per heavy atom. The zero-order valence-corrected chi connectivity index (χ0v) is 14.1. The van der Waals surface area contributed by atoms with Crippen LogP contribution in [0.1, 0.15) is 12.1 Å². The molecule has 126 valence electrons. The molecule has 0 spiro atoms. The number of nitrogens with zero attached hydrogens (tertiary/aromatic N) is 3. The van der Waals surface area contributed by atoms with Crippen LogP contribution in [0.25, 0.3) is 11.5 Å². The molecule has 3 aromatic rings. The molecule has 0 radical (unpaired) electrons. The third kappa shape index (κ3) is 3.95. The highest BCUT2D eigenvalue weighted by molar-refractivity contribution is 7.98. The minimum absolute atomic E-state index is 0.210. The molecule has 0 bridgehead atoms. The van der Waals surface area contributed by atoms with Crippen LogP contribution in [-0.2, 0) is 17.0 Å². The summed E-state index contributed by atoms with van der Waals surface area (Å²) in [5, 5.41) is 7.19. The summed E-state index contributed by atoms with van der Waals surface area (Å²) in [5.74, 6) is 1.16. The van der Waals surface area contributed by atoms with Gasteiger partial charge in [0.05, 0.1) is 5.69 Å². The van der Waals surface area contributed by atoms with Gasteiger partial charge in [0, 0.05) is 31.6 Å². The molecule has 0 aliphatic heterocycles. The van der Waals surface area contributed by atoms with Crippen molar-refractivity contribution in [3.05, 3.63) is 52.8 Å². The van der Waals surface area contributed by atoms with Crippen molar-refractivity contribution in [2.75, 3.05) is 13.7 Å². The number of rotatable bonds is 8. The Kier molecular flexibility index (Phi) is 5.50. The first-order valence-electron chi connectivity index (χ1n) is 7.54. The van der Waals surface area contributed by atoms with E-state index in [1.165, 1.54) is 11.8 Å². The topological polar surface area (TPSA) is 85.9 Å². The van der Waals surface area contributed by atoms with Crippen LogP contribution in [0.2, 0.25) is 0 Å². The van der Waals surface area contributed by atoms with E-state index >= 15 is 0 Å². The van der Waals surface area contributed by atoms with E-state index in [2.05, 4.69) is 15.2 Å². The molecule has 7 nitrogen and oxygen atoms in total. The Morgan fingerprint density at radius 1 is 1.33 bits per heavy atom. The van der Waals surface area contributed by atoms with Crippen molar-refractivity contribution < 1.29 is 9.15 Å². The standard InChI is InChI=1S/C16H18N4O3S/c1-22-9-5-8-20-15(21)18-19-16(20)24-11-13-10-23-14(17-13)12-6-3-2-4-7-12/h2-4,6-7,10H,5,8-9,11H2,1H3,(H,18,21). The van der Waals surface area contributed by atoms with Crippen LogP contribution in [0.3, 0.4) is 0 Å². The van der Waals surface area contributed by atoms with Crippen molar-refractivity contribution in [2.45, 2.75) is 23.9 Å². The Bertz CT molecular complexity index is 825. The summed E-state index contributed by atoms with van der Waals surface area (Å²) in [6.07, 6.45) is 2.39. The minimum atomic E-state index is -0.210. The van der Waals surface area contributed by atoms with Gasteiger partial charge in [-0.1, -0.05) is 30.0 Å². The van der Waals surface area contributed by atoms with E-state index in [1.54, 1.807) is 17.9 Å². The number of H-pyrrole nitrogens is 1. The molecule has 0 aliphatic rings. The van der Waals surface area contributed by atoms with Gasteiger partial charge in [0.2, 0.25) is 5.89 Å². The number of benzene rings is 1. The van der Waals surface area contributed by atoms with Crippen molar-refractivity contribution >= 4 is 11.8 Å². The predicted octanol–water partition coefficient (Wildman–Crippen LogP) is 2.56. The van der Waals surface area contributed by atoms with Gasteiger partial charge in [-0.2, -0.15) is 0 Å². The Labute approximate surface area is 143 Å². The van der Waals surface area contributed by atoms with E-state index < -0.39 is 0 Å². The number of oxazole rings is 1. The van der Waals surface area contributed by atoms with Crippen molar-refractivity contribution in [1.29, 1.82) is 0 Å². The molecule has 2 aromatic heterocycles. The third-order valence-electron chi connectivity index (χ3n) is 3.38. The molecule has 0 amide bonds. The molecule has 8 heteroatoms. The normalized spacial score (nSPS) is 11.0. The Hall–Kier alpha value is -2.32. The smallest absolute Gasteiger partial charge is 0.343 e. The Balaban J connectivity index is 1.64. The lowest BCUT2D eigenvalue weighted by molar-refractivity contribution is 0.189. The SMILES string of the molecule is COCCCn1c(SCc2coc(-c3ccccc3)n2)n[nH]c1=O. The van der Waals surface area contributed by atoms with Gasteiger partial charge >= 0.3 is 5.69 Å². The van der Waals surface area contributed by atoms with Crippen LogP contribution in [0.15, 0.2) is 51.0 Å². The van der Waals surface area contributed by atoms with Crippen LogP contribution in [0, 0.1) is 0 Å². The first-order chi connectivity index (χ1) is 11.8. The number of hydrogen-bond donors (Lipinski definition) is 1. The van der Waals surface area contributed by atoms with Crippen LogP contribution < -0.4 is 5.69 Å². The summed E-state index contributed by atoms with van der Waals surface area (Å²) in [7, 11) is 1.64. The summed E-state index contributed by atoms with van der Waals surface area (Å²) >= 11 is 1.44. The monoisotopic (exact) mass is 346 g/mol. The van der Waals surface area contributed by atoms with E-state index in [9.17, 15) is 4.79 Å². The summed E-state index contributed by atoms with van der Waals surface area (Å²) in [6, 6.07) is 9.73. The van der Waals surface area contributed by atoms with Crippen molar-refractivity contribution in [2.24, 2.45) is 0 Å². The van der Waals surface area contributed by atoms with Gasteiger partial charge < -0.3 is 9.15 Å². The lowest BCUT2D eigenvalue weighted by Crippen LogP contribution is -2.18. The largest absolute Gasteiger partial charge is 0.444 e. The number of ether oxygens (including phenoxy) is 1. The van der Waals surface area contributed by atoms with Crippen molar-refractivity contribution in [3.63, 3.8) is 0 Å². The summed E-state index contributed by atoms with van der Waals surface area (Å²) in [6.45, 7) is 1.17. The number of nitrogens with one attached hydrogen (secondary N) is 1. The number of methoxy groups -OCH3 is 1.